The number of hydrogen-bond acceptors (Lipinski definition) is 3. The molecule has 0 bridgehead atoms. The molecule has 0 radical (unpaired) electrons. The largest absolute Gasteiger partial charge is 0.433 e. The number of carbonyl (C=O) groups excluding carboxylic acids is 2. The molecule has 0 unspecified atom stereocenters. The van der Waals surface area contributed by atoms with Crippen molar-refractivity contribution >= 4 is 29.2 Å². The smallest absolute Gasteiger partial charge is 0.323 e. The molecule has 1 aliphatic rings. The second-order valence-corrected chi connectivity index (χ2v) is 5.06. The molecule has 108 valence electrons. The van der Waals surface area contributed by atoms with Crippen LogP contribution in [0, 0.1) is 0 Å². The number of aromatic nitrogens is 1. The number of amides is 3. The standard InChI is InChI=1S/C11H9ClF3N3O2/c1-10(2)8(19)18(9(20)17-10)5-3-4-6(11(13,14)15)16-7(5)12/h3-4H,1-2H3,(H,17,20). The van der Waals surface area contributed by atoms with Crippen molar-refractivity contribution in [2.45, 2.75) is 25.6 Å². The van der Waals surface area contributed by atoms with Crippen molar-refractivity contribution < 1.29 is 22.8 Å². The first-order chi connectivity index (χ1) is 9.04. The van der Waals surface area contributed by atoms with Gasteiger partial charge in [-0.05, 0) is 26.0 Å². The Bertz CT molecular complexity index is 601. The predicted molar refractivity (Wildman–Crippen MR) is 64.3 cm³/mol. The highest BCUT2D eigenvalue weighted by Gasteiger charge is 2.46. The summed E-state index contributed by atoms with van der Waals surface area (Å²) in [5.74, 6) is -0.619. The van der Waals surface area contributed by atoms with Crippen LogP contribution in [0.5, 0.6) is 0 Å². The Kier molecular flexibility index (Phi) is 3.16. The lowest BCUT2D eigenvalue weighted by Gasteiger charge is -2.17. The van der Waals surface area contributed by atoms with Gasteiger partial charge >= 0.3 is 12.2 Å². The number of alkyl halides is 3. The van der Waals surface area contributed by atoms with E-state index in [0.29, 0.717) is 11.0 Å². The average molecular weight is 308 g/mol. The Morgan fingerprint density at radius 2 is 1.90 bits per heavy atom. The molecule has 0 saturated carbocycles. The molecule has 1 saturated heterocycles. The van der Waals surface area contributed by atoms with Crippen molar-refractivity contribution in [3.63, 3.8) is 0 Å². The normalized spacial score (nSPS) is 18.4. The van der Waals surface area contributed by atoms with Crippen molar-refractivity contribution in [1.29, 1.82) is 0 Å². The monoisotopic (exact) mass is 307 g/mol. The van der Waals surface area contributed by atoms with Gasteiger partial charge in [-0.3, -0.25) is 4.79 Å². The van der Waals surface area contributed by atoms with Crippen LogP contribution in [0.1, 0.15) is 19.5 Å². The lowest BCUT2D eigenvalue weighted by atomic mass is 10.1. The first-order valence-electron chi connectivity index (χ1n) is 5.44. The van der Waals surface area contributed by atoms with Crippen LogP contribution in [-0.4, -0.2) is 22.5 Å². The fourth-order valence-electron chi connectivity index (χ4n) is 1.72. The lowest BCUT2D eigenvalue weighted by Crippen LogP contribution is -2.40. The molecule has 0 aromatic carbocycles. The summed E-state index contributed by atoms with van der Waals surface area (Å²) < 4.78 is 37.4. The topological polar surface area (TPSA) is 62.3 Å². The molecule has 0 aliphatic carbocycles. The van der Waals surface area contributed by atoms with E-state index in [1.54, 1.807) is 0 Å². The van der Waals surface area contributed by atoms with Crippen LogP contribution in [0.25, 0.3) is 0 Å². The summed E-state index contributed by atoms with van der Waals surface area (Å²) >= 11 is 5.65. The molecule has 1 aliphatic heterocycles. The maximum absolute atomic E-state index is 12.5. The fraction of sp³-hybridized carbons (Fsp3) is 0.364. The van der Waals surface area contributed by atoms with Crippen molar-refractivity contribution in [1.82, 2.24) is 10.3 Å². The Morgan fingerprint density at radius 1 is 1.30 bits per heavy atom. The first kappa shape index (κ1) is 14.6. The third kappa shape index (κ3) is 2.31. The molecule has 3 amide bonds. The molecule has 1 N–H and O–H groups in total. The number of urea groups is 1. The van der Waals surface area contributed by atoms with Crippen molar-refractivity contribution in [2.24, 2.45) is 0 Å². The molecule has 2 rings (SSSR count). The van der Waals surface area contributed by atoms with Gasteiger partial charge in [0.2, 0.25) is 0 Å². The molecule has 1 fully saturated rings. The van der Waals surface area contributed by atoms with Gasteiger partial charge in [0.1, 0.15) is 11.2 Å². The number of rotatable bonds is 1. The molecule has 0 spiro atoms. The van der Waals surface area contributed by atoms with Gasteiger partial charge in [0.15, 0.2) is 5.15 Å². The Balaban J connectivity index is 2.45. The zero-order valence-electron chi connectivity index (χ0n) is 10.4. The average Bonchev–Trinajstić information content (AvgIpc) is 2.48. The van der Waals surface area contributed by atoms with E-state index in [-0.39, 0.29) is 5.69 Å². The summed E-state index contributed by atoms with van der Waals surface area (Å²) in [6.45, 7) is 2.94. The van der Waals surface area contributed by atoms with Gasteiger partial charge in [0.05, 0.1) is 5.69 Å². The summed E-state index contributed by atoms with van der Waals surface area (Å²) in [6.07, 6.45) is -4.65. The molecule has 9 heteroatoms. The van der Waals surface area contributed by atoms with Crippen LogP contribution in [0.3, 0.4) is 0 Å². The minimum absolute atomic E-state index is 0.187. The quantitative estimate of drug-likeness (QED) is 0.641. The first-order valence-corrected chi connectivity index (χ1v) is 5.82. The molecule has 1 aromatic heterocycles. The summed E-state index contributed by atoms with van der Waals surface area (Å²) in [5.41, 5.74) is -2.53. The summed E-state index contributed by atoms with van der Waals surface area (Å²) in [4.78, 5) is 27.6. The van der Waals surface area contributed by atoms with Crippen LogP contribution >= 0.6 is 11.6 Å². The molecule has 5 nitrogen and oxygen atoms in total. The van der Waals surface area contributed by atoms with Crippen molar-refractivity contribution in [3.05, 3.63) is 23.0 Å². The number of anilines is 1. The molecule has 1 aromatic rings. The minimum atomic E-state index is -4.65. The summed E-state index contributed by atoms with van der Waals surface area (Å²) in [5, 5.41) is 1.82. The van der Waals surface area contributed by atoms with Crippen LogP contribution in [-0.2, 0) is 11.0 Å². The summed E-state index contributed by atoms with van der Waals surface area (Å²) in [7, 11) is 0. The highest BCUT2D eigenvalue weighted by atomic mass is 35.5. The van der Waals surface area contributed by atoms with Gasteiger partial charge in [-0.15, -0.1) is 0 Å². The van der Waals surface area contributed by atoms with Crippen LogP contribution < -0.4 is 10.2 Å². The lowest BCUT2D eigenvalue weighted by molar-refractivity contribution is -0.141. The van der Waals surface area contributed by atoms with E-state index in [0.717, 1.165) is 6.07 Å². The maximum atomic E-state index is 12.5. The SMILES string of the molecule is CC1(C)NC(=O)N(c2ccc(C(F)(F)F)nc2Cl)C1=O. The third-order valence-corrected chi connectivity index (χ3v) is 3.00. The molecule has 0 atom stereocenters. The van der Waals surface area contributed by atoms with Gasteiger partial charge in [0, 0.05) is 0 Å². The van der Waals surface area contributed by atoms with E-state index < -0.39 is 34.5 Å². The Morgan fingerprint density at radius 3 is 2.30 bits per heavy atom. The molecule has 20 heavy (non-hydrogen) atoms. The van der Waals surface area contributed by atoms with E-state index in [4.69, 9.17) is 11.6 Å². The molecule has 2 heterocycles. The number of imide groups is 1. The second kappa shape index (κ2) is 4.34. The fourth-order valence-corrected chi connectivity index (χ4v) is 1.96. The van der Waals surface area contributed by atoms with Crippen LogP contribution in [0.2, 0.25) is 5.15 Å². The van der Waals surface area contributed by atoms with E-state index in [2.05, 4.69) is 10.3 Å². The minimum Gasteiger partial charge on any atom is -0.323 e. The number of nitrogens with one attached hydrogen (secondary N) is 1. The maximum Gasteiger partial charge on any atom is 0.433 e. The van der Waals surface area contributed by atoms with E-state index in [1.165, 1.54) is 13.8 Å². The van der Waals surface area contributed by atoms with E-state index >= 15 is 0 Å². The van der Waals surface area contributed by atoms with Gasteiger partial charge in [-0.2, -0.15) is 13.2 Å². The highest BCUT2D eigenvalue weighted by molar-refractivity contribution is 6.35. The highest BCUT2D eigenvalue weighted by Crippen LogP contribution is 2.34. The Labute approximate surface area is 116 Å². The van der Waals surface area contributed by atoms with Gasteiger partial charge in [-0.25, -0.2) is 14.7 Å². The second-order valence-electron chi connectivity index (χ2n) is 4.70. The van der Waals surface area contributed by atoms with Crippen LogP contribution in [0.4, 0.5) is 23.7 Å². The van der Waals surface area contributed by atoms with Gasteiger partial charge < -0.3 is 5.32 Å². The molecular formula is C11H9ClF3N3O2. The number of pyridine rings is 1. The third-order valence-electron chi connectivity index (χ3n) is 2.72. The molecular weight excluding hydrogens is 299 g/mol. The van der Waals surface area contributed by atoms with E-state index in [1.807, 2.05) is 0 Å². The van der Waals surface area contributed by atoms with Gasteiger partial charge in [-0.1, -0.05) is 11.6 Å². The van der Waals surface area contributed by atoms with Gasteiger partial charge in [0.25, 0.3) is 5.91 Å². The summed E-state index contributed by atoms with van der Waals surface area (Å²) in [6, 6.07) is 0.841. The number of hydrogen-bond donors (Lipinski definition) is 1. The number of carbonyl (C=O) groups is 2. The van der Waals surface area contributed by atoms with E-state index in [9.17, 15) is 22.8 Å². The Hall–Kier alpha value is -1.83. The van der Waals surface area contributed by atoms with Crippen molar-refractivity contribution in [3.8, 4) is 0 Å². The number of nitrogens with zero attached hydrogens (tertiary/aromatic N) is 2. The zero-order chi connectivity index (χ0) is 15.3. The number of halogens is 4. The zero-order valence-corrected chi connectivity index (χ0v) is 11.1. The van der Waals surface area contributed by atoms with Crippen LogP contribution in [0.15, 0.2) is 12.1 Å². The predicted octanol–water partition coefficient (Wildman–Crippen LogP) is 2.59. The van der Waals surface area contributed by atoms with Crippen molar-refractivity contribution in [2.75, 3.05) is 4.90 Å².